The first-order chi connectivity index (χ1) is 9.52. The molecule has 2 aromatic rings. The molecule has 0 radical (unpaired) electrons. The Morgan fingerprint density at radius 3 is 2.50 bits per heavy atom. The molecule has 4 heteroatoms. The van der Waals surface area contributed by atoms with E-state index in [0.717, 1.165) is 17.2 Å². The van der Waals surface area contributed by atoms with Crippen LogP contribution in [0.5, 0.6) is 0 Å². The average molecular weight is 276 g/mol. The number of hydrazine groups is 1. The number of hydrogen-bond donors (Lipinski definition) is 2. The number of hydrogen-bond acceptors (Lipinski definition) is 2. The second-order valence-electron chi connectivity index (χ2n) is 4.96. The molecule has 0 aliphatic heterocycles. The Kier molecular flexibility index (Phi) is 4.47. The molecule has 0 spiro atoms. The molecule has 0 amide bonds. The molecular formula is C16H18F2N2. The molecule has 0 saturated heterocycles. The van der Waals surface area contributed by atoms with Crippen LogP contribution < -0.4 is 11.3 Å². The summed E-state index contributed by atoms with van der Waals surface area (Å²) in [7, 11) is 0. The van der Waals surface area contributed by atoms with E-state index < -0.39 is 11.6 Å². The summed E-state index contributed by atoms with van der Waals surface area (Å²) in [6.45, 7) is 4.06. The first-order valence-electron chi connectivity index (χ1n) is 6.49. The molecule has 2 rings (SSSR count). The van der Waals surface area contributed by atoms with Crippen LogP contribution in [0.2, 0.25) is 0 Å². The van der Waals surface area contributed by atoms with Crippen molar-refractivity contribution in [2.45, 2.75) is 26.3 Å². The third-order valence-electron chi connectivity index (χ3n) is 3.65. The zero-order valence-electron chi connectivity index (χ0n) is 11.6. The molecular weight excluding hydrogens is 258 g/mol. The molecule has 106 valence electrons. The smallest absolute Gasteiger partial charge is 0.159 e. The summed E-state index contributed by atoms with van der Waals surface area (Å²) in [6, 6.07) is 9.78. The molecule has 2 aromatic carbocycles. The highest BCUT2D eigenvalue weighted by Gasteiger charge is 2.14. The van der Waals surface area contributed by atoms with Gasteiger partial charge in [-0.2, -0.15) is 0 Å². The molecule has 0 aliphatic carbocycles. The van der Waals surface area contributed by atoms with Crippen molar-refractivity contribution in [2.75, 3.05) is 0 Å². The number of nitrogens with one attached hydrogen (secondary N) is 1. The molecule has 0 fully saturated rings. The van der Waals surface area contributed by atoms with E-state index in [-0.39, 0.29) is 6.04 Å². The molecule has 0 saturated carbocycles. The van der Waals surface area contributed by atoms with Crippen LogP contribution in [0.4, 0.5) is 8.78 Å². The van der Waals surface area contributed by atoms with Crippen molar-refractivity contribution in [1.29, 1.82) is 0 Å². The lowest BCUT2D eigenvalue weighted by molar-refractivity contribution is 0.502. The highest BCUT2D eigenvalue weighted by molar-refractivity contribution is 5.36. The van der Waals surface area contributed by atoms with Crippen LogP contribution in [0.15, 0.2) is 36.4 Å². The van der Waals surface area contributed by atoms with Gasteiger partial charge in [0.15, 0.2) is 11.6 Å². The summed E-state index contributed by atoms with van der Waals surface area (Å²) in [5, 5.41) is 0. The largest absolute Gasteiger partial charge is 0.271 e. The van der Waals surface area contributed by atoms with Crippen molar-refractivity contribution in [3.63, 3.8) is 0 Å². The quantitative estimate of drug-likeness (QED) is 0.664. The molecule has 0 heterocycles. The molecule has 1 unspecified atom stereocenters. The zero-order valence-corrected chi connectivity index (χ0v) is 11.6. The molecule has 0 bridgehead atoms. The highest BCUT2D eigenvalue weighted by atomic mass is 19.2. The molecule has 2 nitrogen and oxygen atoms in total. The van der Waals surface area contributed by atoms with Gasteiger partial charge in [0.05, 0.1) is 6.04 Å². The van der Waals surface area contributed by atoms with Crippen LogP contribution >= 0.6 is 0 Å². The Labute approximate surface area is 117 Å². The minimum atomic E-state index is -0.835. The predicted octanol–water partition coefficient (Wildman–Crippen LogP) is 3.33. The normalized spacial score (nSPS) is 12.4. The average Bonchev–Trinajstić information content (AvgIpc) is 2.43. The maximum Gasteiger partial charge on any atom is 0.159 e. The van der Waals surface area contributed by atoms with Crippen molar-refractivity contribution >= 4 is 0 Å². The highest BCUT2D eigenvalue weighted by Crippen LogP contribution is 2.23. The minimum absolute atomic E-state index is 0.139. The number of rotatable bonds is 4. The monoisotopic (exact) mass is 276 g/mol. The Morgan fingerprint density at radius 2 is 1.85 bits per heavy atom. The maximum absolute atomic E-state index is 13.3. The third-order valence-corrected chi connectivity index (χ3v) is 3.65. The summed E-state index contributed by atoms with van der Waals surface area (Å²) in [5.41, 5.74) is 6.85. The van der Waals surface area contributed by atoms with Crippen LogP contribution in [0, 0.1) is 25.5 Å². The Hall–Kier alpha value is -1.78. The van der Waals surface area contributed by atoms with Crippen molar-refractivity contribution < 1.29 is 8.78 Å². The van der Waals surface area contributed by atoms with Gasteiger partial charge in [-0.25, -0.2) is 8.78 Å². The molecule has 1 atom stereocenters. The van der Waals surface area contributed by atoms with Crippen LogP contribution in [0.3, 0.4) is 0 Å². The molecule has 20 heavy (non-hydrogen) atoms. The Balaban J connectivity index is 2.28. The molecule has 0 aromatic heterocycles. The van der Waals surface area contributed by atoms with Crippen molar-refractivity contribution in [1.82, 2.24) is 5.43 Å². The van der Waals surface area contributed by atoms with Gasteiger partial charge in [0.25, 0.3) is 0 Å². The van der Waals surface area contributed by atoms with E-state index in [0.29, 0.717) is 12.0 Å². The fraction of sp³-hybridized carbons (Fsp3) is 0.250. The van der Waals surface area contributed by atoms with E-state index in [1.54, 1.807) is 6.07 Å². The summed E-state index contributed by atoms with van der Waals surface area (Å²) in [6.07, 6.45) is 0.498. The van der Waals surface area contributed by atoms with E-state index in [2.05, 4.69) is 5.43 Å². The summed E-state index contributed by atoms with van der Waals surface area (Å²) >= 11 is 0. The second-order valence-corrected chi connectivity index (χ2v) is 4.96. The molecule has 3 N–H and O–H groups in total. The van der Waals surface area contributed by atoms with Gasteiger partial charge in [-0.05, 0) is 54.7 Å². The molecule has 0 aliphatic rings. The lowest BCUT2D eigenvalue weighted by Gasteiger charge is -2.20. The standard InChI is InChI=1S/C16H18F2N2/c1-10-4-3-5-13(11(10)2)16(20-19)9-12-6-7-14(17)15(18)8-12/h3-8,16,20H,9,19H2,1-2H3. The summed E-state index contributed by atoms with van der Waals surface area (Å²) in [4.78, 5) is 0. The van der Waals surface area contributed by atoms with Gasteiger partial charge in [-0.15, -0.1) is 0 Å². The van der Waals surface area contributed by atoms with E-state index in [9.17, 15) is 8.78 Å². The first kappa shape index (κ1) is 14.6. The van der Waals surface area contributed by atoms with Crippen LogP contribution in [0.25, 0.3) is 0 Å². The predicted molar refractivity (Wildman–Crippen MR) is 76.0 cm³/mol. The van der Waals surface area contributed by atoms with Gasteiger partial charge in [-0.3, -0.25) is 11.3 Å². The van der Waals surface area contributed by atoms with E-state index in [4.69, 9.17) is 5.84 Å². The number of halogens is 2. The first-order valence-corrected chi connectivity index (χ1v) is 6.49. The van der Waals surface area contributed by atoms with Crippen LogP contribution in [-0.2, 0) is 6.42 Å². The van der Waals surface area contributed by atoms with Crippen molar-refractivity contribution in [3.05, 3.63) is 70.3 Å². The summed E-state index contributed by atoms with van der Waals surface area (Å²) in [5.74, 6) is 3.95. The van der Waals surface area contributed by atoms with Gasteiger partial charge in [0, 0.05) is 0 Å². The van der Waals surface area contributed by atoms with Crippen LogP contribution in [0.1, 0.15) is 28.3 Å². The van der Waals surface area contributed by atoms with Gasteiger partial charge >= 0.3 is 0 Å². The SMILES string of the molecule is Cc1cccc(C(Cc2ccc(F)c(F)c2)NN)c1C. The maximum atomic E-state index is 13.3. The third kappa shape index (κ3) is 3.03. The van der Waals surface area contributed by atoms with Gasteiger partial charge in [0.2, 0.25) is 0 Å². The van der Waals surface area contributed by atoms with Crippen LogP contribution in [-0.4, -0.2) is 0 Å². The fourth-order valence-electron chi connectivity index (χ4n) is 2.31. The summed E-state index contributed by atoms with van der Waals surface area (Å²) < 4.78 is 26.2. The van der Waals surface area contributed by atoms with E-state index in [1.165, 1.54) is 11.6 Å². The van der Waals surface area contributed by atoms with Gasteiger partial charge in [-0.1, -0.05) is 24.3 Å². The number of benzene rings is 2. The fourth-order valence-corrected chi connectivity index (χ4v) is 2.31. The zero-order chi connectivity index (χ0) is 14.7. The number of nitrogens with two attached hydrogens (primary N) is 1. The van der Waals surface area contributed by atoms with Crippen molar-refractivity contribution in [2.24, 2.45) is 5.84 Å². The lowest BCUT2D eigenvalue weighted by Crippen LogP contribution is -2.30. The topological polar surface area (TPSA) is 38.0 Å². The Bertz CT molecular complexity index is 611. The van der Waals surface area contributed by atoms with Gasteiger partial charge < -0.3 is 0 Å². The number of aryl methyl sites for hydroxylation is 1. The Morgan fingerprint density at radius 1 is 1.10 bits per heavy atom. The minimum Gasteiger partial charge on any atom is -0.271 e. The van der Waals surface area contributed by atoms with E-state index >= 15 is 0 Å². The second kappa shape index (κ2) is 6.11. The van der Waals surface area contributed by atoms with Crippen molar-refractivity contribution in [3.8, 4) is 0 Å². The van der Waals surface area contributed by atoms with E-state index in [1.807, 2.05) is 32.0 Å². The van der Waals surface area contributed by atoms with Gasteiger partial charge in [0.1, 0.15) is 0 Å². The lowest BCUT2D eigenvalue weighted by atomic mass is 9.93.